The summed E-state index contributed by atoms with van der Waals surface area (Å²) in [6.07, 6.45) is 13.3. The lowest BCUT2D eigenvalue weighted by atomic mass is 9.49. The molecule has 1 amide bonds. The van der Waals surface area contributed by atoms with E-state index < -0.39 is 0 Å². The smallest absolute Gasteiger partial charge is 0.226 e. The zero-order valence-corrected chi connectivity index (χ0v) is 16.7. The molecule has 0 N–H and O–H groups in total. The average molecular weight is 363 g/mol. The topological polar surface area (TPSA) is 33.2 Å². The maximum absolute atomic E-state index is 12.3. The number of carbonyl (C=O) groups is 1. The lowest BCUT2D eigenvalue weighted by Gasteiger charge is -2.58. The summed E-state index contributed by atoms with van der Waals surface area (Å²) in [5, 5.41) is 0. The molecule has 2 heterocycles. The van der Waals surface area contributed by atoms with Crippen molar-refractivity contribution >= 4 is 11.5 Å². The minimum atomic E-state index is 0.167. The first kappa shape index (κ1) is 17.2. The fourth-order valence-electron chi connectivity index (χ4n) is 7.07. The fraction of sp³-hybridized carbons (Fsp3) is 0.583. The highest BCUT2D eigenvalue weighted by Gasteiger charge is 2.57. The number of nitrogens with zero attached hydrogens (tertiary/aromatic N) is 2. The van der Waals surface area contributed by atoms with Gasteiger partial charge in [-0.05, 0) is 73.0 Å². The lowest BCUT2D eigenvalue weighted by Crippen LogP contribution is -2.53. The summed E-state index contributed by atoms with van der Waals surface area (Å²) in [6, 6.07) is 6.29. The first-order chi connectivity index (χ1) is 12.9. The first-order valence-electron chi connectivity index (χ1n) is 10.5. The Labute approximate surface area is 162 Å². The number of allylic oxidation sites excluding steroid dienone is 4. The van der Waals surface area contributed by atoms with Crippen LogP contribution in [0.4, 0.5) is 0 Å². The highest BCUT2D eigenvalue weighted by molar-refractivity contribution is 5.79. The summed E-state index contributed by atoms with van der Waals surface area (Å²) in [5.41, 5.74) is 4.36. The number of piperidine rings is 1. The molecule has 3 heteroatoms. The third-order valence-electron chi connectivity index (χ3n) is 8.54. The monoisotopic (exact) mass is 362 g/mol. The molecule has 0 spiro atoms. The molecule has 0 aromatic carbocycles. The third kappa shape index (κ3) is 2.26. The van der Waals surface area contributed by atoms with Gasteiger partial charge >= 0.3 is 0 Å². The molecule has 1 saturated carbocycles. The van der Waals surface area contributed by atoms with Gasteiger partial charge in [-0.1, -0.05) is 32.1 Å². The molecular weight excluding hydrogens is 332 g/mol. The number of fused-ring (bicyclic) bond motifs is 5. The van der Waals surface area contributed by atoms with Crippen molar-refractivity contribution in [2.24, 2.45) is 28.6 Å². The minimum Gasteiger partial charge on any atom is -0.319 e. The van der Waals surface area contributed by atoms with E-state index in [0.717, 1.165) is 18.8 Å². The summed E-state index contributed by atoms with van der Waals surface area (Å²) in [5.74, 6) is 2.41. The molecule has 5 rings (SSSR count). The van der Waals surface area contributed by atoms with Crippen LogP contribution in [0.2, 0.25) is 0 Å². The van der Waals surface area contributed by atoms with Crippen LogP contribution in [0.1, 0.15) is 58.1 Å². The van der Waals surface area contributed by atoms with Crippen LogP contribution in [-0.4, -0.2) is 22.8 Å². The van der Waals surface area contributed by atoms with Crippen molar-refractivity contribution in [2.45, 2.75) is 52.4 Å². The Kier molecular flexibility index (Phi) is 3.70. The van der Waals surface area contributed by atoms with Crippen molar-refractivity contribution in [1.29, 1.82) is 0 Å². The summed E-state index contributed by atoms with van der Waals surface area (Å²) in [6.45, 7) is 4.92. The number of pyridine rings is 1. The number of carbonyl (C=O) groups excluding carboxylic acids is 1. The van der Waals surface area contributed by atoms with Crippen LogP contribution in [0.15, 0.2) is 42.2 Å². The zero-order valence-electron chi connectivity index (χ0n) is 16.7. The molecular formula is C24H30N2O. The molecule has 1 saturated heterocycles. The van der Waals surface area contributed by atoms with Gasteiger partial charge in [-0.2, -0.15) is 0 Å². The van der Waals surface area contributed by atoms with Crippen molar-refractivity contribution in [2.75, 3.05) is 7.05 Å². The van der Waals surface area contributed by atoms with Gasteiger partial charge in [0.15, 0.2) is 0 Å². The number of hydrogen-bond donors (Lipinski definition) is 0. The largest absolute Gasteiger partial charge is 0.319 e. The van der Waals surface area contributed by atoms with Crippen molar-refractivity contribution in [3.05, 3.63) is 47.9 Å². The highest BCUT2D eigenvalue weighted by Crippen LogP contribution is 2.65. The van der Waals surface area contributed by atoms with E-state index in [9.17, 15) is 4.79 Å². The molecule has 1 aromatic heterocycles. The summed E-state index contributed by atoms with van der Waals surface area (Å²) in [4.78, 5) is 18.9. The maximum atomic E-state index is 12.3. The first-order valence-corrected chi connectivity index (χ1v) is 10.5. The number of hydrogen-bond acceptors (Lipinski definition) is 2. The van der Waals surface area contributed by atoms with Crippen LogP contribution in [0.3, 0.4) is 0 Å². The van der Waals surface area contributed by atoms with E-state index in [1.54, 1.807) is 0 Å². The van der Waals surface area contributed by atoms with Crippen LogP contribution < -0.4 is 0 Å². The lowest BCUT2D eigenvalue weighted by molar-refractivity contribution is -0.135. The van der Waals surface area contributed by atoms with E-state index in [-0.39, 0.29) is 16.7 Å². The Morgan fingerprint density at radius 3 is 2.70 bits per heavy atom. The van der Waals surface area contributed by atoms with Crippen LogP contribution >= 0.6 is 0 Å². The van der Waals surface area contributed by atoms with Gasteiger partial charge in [0.25, 0.3) is 0 Å². The normalized spacial score (nSPS) is 40.6. The van der Waals surface area contributed by atoms with Crippen LogP contribution in [0, 0.1) is 28.6 Å². The van der Waals surface area contributed by atoms with E-state index >= 15 is 0 Å². The maximum Gasteiger partial charge on any atom is 0.226 e. The van der Waals surface area contributed by atoms with Gasteiger partial charge in [0.2, 0.25) is 5.91 Å². The second kappa shape index (κ2) is 5.80. The van der Waals surface area contributed by atoms with Crippen molar-refractivity contribution < 1.29 is 4.79 Å². The Morgan fingerprint density at radius 1 is 1.07 bits per heavy atom. The molecule has 1 aromatic rings. The number of aromatic nitrogens is 1. The van der Waals surface area contributed by atoms with E-state index in [2.05, 4.69) is 43.1 Å². The molecule has 4 aliphatic rings. The van der Waals surface area contributed by atoms with Crippen LogP contribution in [0.25, 0.3) is 5.57 Å². The SMILES string of the molecule is CN1C(=O)CC[C@@]2(C)C1=CC[C@@H]1[C@@H]2CC[C@]2(C)C(c3ccccn3)=CC[C@@H]12. The van der Waals surface area contributed by atoms with E-state index in [0.29, 0.717) is 18.3 Å². The Hall–Kier alpha value is -1.90. The van der Waals surface area contributed by atoms with Gasteiger partial charge in [-0.3, -0.25) is 9.78 Å². The van der Waals surface area contributed by atoms with Gasteiger partial charge in [-0.15, -0.1) is 0 Å². The van der Waals surface area contributed by atoms with E-state index in [1.807, 2.05) is 24.2 Å². The molecule has 3 nitrogen and oxygen atoms in total. The second-order valence-corrected chi connectivity index (χ2v) is 9.60. The average Bonchev–Trinajstić information content (AvgIpc) is 3.03. The highest BCUT2D eigenvalue weighted by atomic mass is 16.2. The predicted octanol–water partition coefficient (Wildman–Crippen LogP) is 5.06. The number of likely N-dealkylation sites (tertiary alicyclic amines) is 1. The van der Waals surface area contributed by atoms with Gasteiger partial charge in [0.1, 0.15) is 0 Å². The molecule has 5 atom stereocenters. The Balaban J connectivity index is 1.50. The van der Waals surface area contributed by atoms with E-state index in [4.69, 9.17) is 0 Å². The summed E-state index contributed by atoms with van der Waals surface area (Å²) >= 11 is 0. The van der Waals surface area contributed by atoms with E-state index in [1.165, 1.54) is 36.2 Å². The van der Waals surface area contributed by atoms with Gasteiger partial charge in [-0.25, -0.2) is 0 Å². The van der Waals surface area contributed by atoms with Crippen LogP contribution in [-0.2, 0) is 4.79 Å². The molecule has 0 radical (unpaired) electrons. The summed E-state index contributed by atoms with van der Waals surface area (Å²) < 4.78 is 0. The molecule has 0 bridgehead atoms. The third-order valence-corrected chi connectivity index (χ3v) is 8.54. The molecule has 142 valence electrons. The van der Waals surface area contributed by atoms with Gasteiger partial charge in [0.05, 0.1) is 5.69 Å². The zero-order chi connectivity index (χ0) is 18.8. The minimum absolute atomic E-state index is 0.167. The molecule has 1 aliphatic heterocycles. The van der Waals surface area contributed by atoms with Crippen LogP contribution in [0.5, 0.6) is 0 Å². The van der Waals surface area contributed by atoms with Gasteiger partial charge < -0.3 is 4.90 Å². The van der Waals surface area contributed by atoms with Crippen molar-refractivity contribution in [1.82, 2.24) is 9.88 Å². The summed E-state index contributed by atoms with van der Waals surface area (Å²) in [7, 11) is 1.98. The number of amides is 1. The number of rotatable bonds is 1. The van der Waals surface area contributed by atoms with Crippen molar-refractivity contribution in [3.63, 3.8) is 0 Å². The van der Waals surface area contributed by atoms with Gasteiger partial charge in [0, 0.05) is 30.8 Å². The fourth-order valence-corrected chi connectivity index (χ4v) is 7.07. The molecule has 27 heavy (non-hydrogen) atoms. The standard InChI is InChI=1S/C24H30N2O/c1-23-13-11-18-16(7-10-21-24(18,2)14-12-22(27)26(21)3)17(23)8-9-19(23)20-6-4-5-15-25-20/h4-6,9-10,15-18H,7-8,11-14H2,1-3H3/t16-,17-,18-,23-,24+/m0/s1. The molecule has 2 fully saturated rings. The Morgan fingerprint density at radius 2 is 1.93 bits per heavy atom. The predicted molar refractivity (Wildman–Crippen MR) is 107 cm³/mol. The molecule has 0 unspecified atom stereocenters. The molecule has 3 aliphatic carbocycles. The second-order valence-electron chi connectivity index (χ2n) is 9.60. The van der Waals surface area contributed by atoms with Crippen molar-refractivity contribution in [3.8, 4) is 0 Å². The Bertz CT molecular complexity index is 841. The quantitative estimate of drug-likeness (QED) is 0.699.